The predicted octanol–water partition coefficient (Wildman–Crippen LogP) is 2.63. The van der Waals surface area contributed by atoms with Gasteiger partial charge in [-0.2, -0.15) is 0 Å². The Kier molecular flexibility index (Phi) is 4.22. The molecule has 1 rings (SSSR count). The maximum absolute atomic E-state index is 4.26. The molecule has 0 amide bonds. The van der Waals surface area contributed by atoms with E-state index in [-0.39, 0.29) is 0 Å². The van der Waals surface area contributed by atoms with Crippen LogP contribution in [0.2, 0.25) is 0 Å². The van der Waals surface area contributed by atoms with Gasteiger partial charge < -0.3 is 0 Å². The standard InChI is InChI=1S/C8H15N2P/c1-2-3-4-5-6-8-7-9-11-10-8/h7,11H,2-6H2,1H3. The lowest BCUT2D eigenvalue weighted by Crippen LogP contribution is -1.84. The van der Waals surface area contributed by atoms with Gasteiger partial charge in [-0.1, -0.05) is 26.2 Å². The first-order chi connectivity index (χ1) is 5.43. The second kappa shape index (κ2) is 5.31. The monoisotopic (exact) mass is 170 g/mol. The summed E-state index contributed by atoms with van der Waals surface area (Å²) in [5.74, 6) is 0. The van der Waals surface area contributed by atoms with Crippen LogP contribution in [0.5, 0.6) is 0 Å². The van der Waals surface area contributed by atoms with Gasteiger partial charge in [-0.3, -0.25) is 0 Å². The van der Waals surface area contributed by atoms with Crippen LogP contribution in [0.4, 0.5) is 0 Å². The molecule has 0 aliphatic rings. The molecule has 1 aromatic heterocycles. The summed E-state index contributed by atoms with van der Waals surface area (Å²) in [6, 6.07) is 0. The van der Waals surface area contributed by atoms with Crippen LogP contribution in [0.3, 0.4) is 0 Å². The summed E-state index contributed by atoms with van der Waals surface area (Å²) in [7, 11) is 0.459. The van der Waals surface area contributed by atoms with Gasteiger partial charge in [-0.15, -0.1) is 0 Å². The first kappa shape index (κ1) is 8.73. The Morgan fingerprint density at radius 2 is 2.27 bits per heavy atom. The van der Waals surface area contributed by atoms with Crippen LogP contribution < -0.4 is 0 Å². The minimum Gasteiger partial charge on any atom is -0.228 e. The Bertz CT molecular complexity index is 172. The molecule has 0 bridgehead atoms. The lowest BCUT2D eigenvalue weighted by Gasteiger charge is -1.94. The number of aromatic nitrogens is 2. The number of hydrogen-bond acceptors (Lipinski definition) is 2. The summed E-state index contributed by atoms with van der Waals surface area (Å²) in [6.07, 6.45) is 8.34. The topological polar surface area (TPSA) is 25.8 Å². The summed E-state index contributed by atoms with van der Waals surface area (Å²) in [6.45, 7) is 2.23. The average Bonchev–Trinajstić information content (AvgIpc) is 2.50. The van der Waals surface area contributed by atoms with Crippen molar-refractivity contribution >= 4 is 8.51 Å². The van der Waals surface area contributed by atoms with Crippen LogP contribution in [-0.4, -0.2) is 9.49 Å². The molecule has 1 heterocycles. The Balaban J connectivity index is 2.04. The third-order valence-electron chi connectivity index (χ3n) is 1.75. The minimum atomic E-state index is 0.459. The van der Waals surface area contributed by atoms with E-state index in [1.165, 1.54) is 31.4 Å². The highest BCUT2D eigenvalue weighted by molar-refractivity contribution is 7.20. The zero-order valence-electron chi connectivity index (χ0n) is 7.01. The second-order valence-corrected chi connectivity index (χ2v) is 3.45. The zero-order chi connectivity index (χ0) is 7.94. The minimum absolute atomic E-state index is 0.459. The zero-order valence-corrected chi connectivity index (χ0v) is 8.01. The maximum Gasteiger partial charge on any atom is 0.0646 e. The molecule has 3 heteroatoms. The maximum atomic E-state index is 4.26. The van der Waals surface area contributed by atoms with Crippen molar-refractivity contribution in [2.24, 2.45) is 0 Å². The van der Waals surface area contributed by atoms with Gasteiger partial charge in [-0.05, 0) is 12.8 Å². The summed E-state index contributed by atoms with van der Waals surface area (Å²) in [4.78, 5) is 0. The van der Waals surface area contributed by atoms with Crippen LogP contribution in [-0.2, 0) is 6.42 Å². The molecule has 11 heavy (non-hydrogen) atoms. The Morgan fingerprint density at radius 3 is 2.91 bits per heavy atom. The molecule has 0 saturated carbocycles. The molecule has 2 nitrogen and oxygen atoms in total. The lowest BCUT2D eigenvalue weighted by molar-refractivity contribution is 0.662. The highest BCUT2D eigenvalue weighted by Gasteiger charge is 1.93. The Morgan fingerprint density at radius 1 is 1.36 bits per heavy atom. The van der Waals surface area contributed by atoms with E-state index in [0.29, 0.717) is 8.51 Å². The fraction of sp³-hybridized carbons (Fsp3) is 0.750. The Labute approximate surface area is 69.7 Å². The lowest BCUT2D eigenvalue weighted by atomic mass is 10.1. The van der Waals surface area contributed by atoms with E-state index in [1.54, 1.807) is 0 Å². The average molecular weight is 170 g/mol. The molecule has 0 aliphatic heterocycles. The van der Waals surface area contributed by atoms with Gasteiger partial charge in [0.1, 0.15) is 0 Å². The summed E-state index contributed by atoms with van der Waals surface area (Å²) >= 11 is 0. The van der Waals surface area contributed by atoms with Crippen LogP contribution in [0.1, 0.15) is 38.3 Å². The molecular weight excluding hydrogens is 155 g/mol. The highest BCUT2D eigenvalue weighted by atomic mass is 31.1. The number of unbranched alkanes of at least 4 members (excludes halogenated alkanes) is 3. The van der Waals surface area contributed by atoms with Gasteiger partial charge in [0.2, 0.25) is 0 Å². The Hall–Kier alpha value is -0.360. The summed E-state index contributed by atoms with van der Waals surface area (Å²) < 4.78 is 8.32. The fourth-order valence-corrected chi connectivity index (χ4v) is 1.64. The first-order valence-corrected chi connectivity index (χ1v) is 5.17. The van der Waals surface area contributed by atoms with Gasteiger partial charge in [-0.25, -0.2) is 9.49 Å². The normalized spacial score (nSPS) is 11.0. The van der Waals surface area contributed by atoms with E-state index >= 15 is 0 Å². The van der Waals surface area contributed by atoms with E-state index < -0.39 is 0 Å². The molecule has 1 aromatic rings. The van der Waals surface area contributed by atoms with E-state index in [4.69, 9.17) is 0 Å². The molecule has 0 aromatic carbocycles. The van der Waals surface area contributed by atoms with Gasteiger partial charge in [0.15, 0.2) is 0 Å². The molecule has 0 spiro atoms. The summed E-state index contributed by atoms with van der Waals surface area (Å²) in [5, 5.41) is 0. The predicted molar refractivity (Wildman–Crippen MR) is 49.4 cm³/mol. The third kappa shape index (κ3) is 3.52. The van der Waals surface area contributed by atoms with Crippen molar-refractivity contribution in [2.45, 2.75) is 39.0 Å². The van der Waals surface area contributed by atoms with E-state index in [9.17, 15) is 0 Å². The first-order valence-electron chi connectivity index (χ1n) is 4.28. The van der Waals surface area contributed by atoms with Crippen molar-refractivity contribution in [3.8, 4) is 0 Å². The van der Waals surface area contributed by atoms with Crippen molar-refractivity contribution < 1.29 is 0 Å². The molecule has 0 fully saturated rings. The molecule has 0 radical (unpaired) electrons. The quantitative estimate of drug-likeness (QED) is 0.635. The largest absolute Gasteiger partial charge is 0.228 e. The molecule has 62 valence electrons. The van der Waals surface area contributed by atoms with E-state index in [1.807, 2.05) is 6.20 Å². The number of nitrogens with zero attached hydrogens (tertiary/aromatic N) is 2. The molecular formula is C8H15N2P. The van der Waals surface area contributed by atoms with E-state index in [2.05, 4.69) is 16.4 Å². The van der Waals surface area contributed by atoms with Crippen LogP contribution in [0.25, 0.3) is 0 Å². The van der Waals surface area contributed by atoms with Gasteiger partial charge in [0.05, 0.1) is 20.4 Å². The number of aryl methyl sites for hydroxylation is 1. The number of rotatable bonds is 5. The van der Waals surface area contributed by atoms with Crippen molar-refractivity contribution in [2.75, 3.05) is 0 Å². The SMILES string of the molecule is CCCCCCc1cn[pH]n1. The molecule has 0 aliphatic carbocycles. The van der Waals surface area contributed by atoms with E-state index in [0.717, 1.165) is 6.42 Å². The third-order valence-corrected chi connectivity index (χ3v) is 2.38. The fourth-order valence-electron chi connectivity index (χ4n) is 1.08. The summed E-state index contributed by atoms with van der Waals surface area (Å²) in [5.41, 5.74) is 1.21. The van der Waals surface area contributed by atoms with Crippen LogP contribution in [0.15, 0.2) is 6.20 Å². The van der Waals surface area contributed by atoms with Crippen LogP contribution >= 0.6 is 8.51 Å². The van der Waals surface area contributed by atoms with Crippen LogP contribution in [0, 0.1) is 0 Å². The van der Waals surface area contributed by atoms with Gasteiger partial charge >= 0.3 is 0 Å². The van der Waals surface area contributed by atoms with Crippen molar-refractivity contribution in [1.82, 2.24) is 9.49 Å². The molecule has 1 unspecified atom stereocenters. The van der Waals surface area contributed by atoms with Crippen molar-refractivity contribution in [3.05, 3.63) is 11.9 Å². The second-order valence-electron chi connectivity index (χ2n) is 2.77. The highest BCUT2D eigenvalue weighted by Crippen LogP contribution is 2.06. The molecule has 0 saturated heterocycles. The van der Waals surface area contributed by atoms with Gasteiger partial charge in [0, 0.05) is 0 Å². The number of hydrogen-bond donors (Lipinski definition) is 0. The molecule has 1 atom stereocenters. The smallest absolute Gasteiger partial charge is 0.0646 e. The van der Waals surface area contributed by atoms with Crippen molar-refractivity contribution in [3.63, 3.8) is 0 Å². The van der Waals surface area contributed by atoms with Gasteiger partial charge in [0.25, 0.3) is 0 Å². The molecule has 0 N–H and O–H groups in total. The van der Waals surface area contributed by atoms with Crippen molar-refractivity contribution in [1.29, 1.82) is 0 Å².